The smallest absolute Gasteiger partial charge is 0.433 e. The molecule has 3 heterocycles. The van der Waals surface area contributed by atoms with Crippen LogP contribution in [-0.2, 0) is 21.0 Å². The second-order valence-electron chi connectivity index (χ2n) is 5.69. The van der Waals surface area contributed by atoms with Gasteiger partial charge in [-0.15, -0.1) is 0 Å². The summed E-state index contributed by atoms with van der Waals surface area (Å²) in [5.74, 6) is -1.83. The van der Waals surface area contributed by atoms with E-state index in [0.29, 0.717) is 25.1 Å². The number of alkyl halides is 3. The van der Waals surface area contributed by atoms with Gasteiger partial charge in [0, 0.05) is 18.3 Å². The van der Waals surface area contributed by atoms with E-state index in [-0.39, 0.29) is 11.3 Å². The maximum absolute atomic E-state index is 12.6. The van der Waals surface area contributed by atoms with Gasteiger partial charge in [0.05, 0.1) is 5.92 Å². The van der Waals surface area contributed by atoms with Crippen molar-refractivity contribution in [1.82, 2.24) is 9.29 Å². The number of hydrogen-bond donors (Lipinski definition) is 1. The van der Waals surface area contributed by atoms with Gasteiger partial charge in [-0.1, -0.05) is 0 Å². The fourth-order valence-corrected chi connectivity index (χ4v) is 5.26. The van der Waals surface area contributed by atoms with Crippen molar-refractivity contribution in [1.29, 1.82) is 0 Å². The van der Waals surface area contributed by atoms with Crippen molar-refractivity contribution in [3.8, 4) is 0 Å². The van der Waals surface area contributed by atoms with Crippen LogP contribution < -0.4 is 0 Å². The molecule has 1 N–H and O–H groups in total. The topological polar surface area (TPSA) is 87.6 Å². The predicted octanol–water partition coefficient (Wildman–Crippen LogP) is 1.73. The number of carboxylic acids is 1. The molecule has 2 aliphatic heterocycles. The molecule has 6 nitrogen and oxygen atoms in total. The normalized spacial score (nSPS) is 28.2. The summed E-state index contributed by atoms with van der Waals surface area (Å²) in [6.45, 7) is 0. The number of hydrogen-bond acceptors (Lipinski definition) is 4. The molecular formula is C13H13F3N2O4S. The van der Waals surface area contributed by atoms with Crippen LogP contribution in [0.3, 0.4) is 0 Å². The molecule has 3 unspecified atom stereocenters. The first-order valence-corrected chi connectivity index (χ1v) is 8.36. The summed E-state index contributed by atoms with van der Waals surface area (Å²) < 4.78 is 63.9. The molecule has 0 radical (unpaired) electrons. The van der Waals surface area contributed by atoms with Crippen LogP contribution in [0.4, 0.5) is 13.2 Å². The highest BCUT2D eigenvalue weighted by Gasteiger charge is 2.54. The number of nitrogens with zero attached hydrogens (tertiary/aromatic N) is 2. The third-order valence-electron chi connectivity index (χ3n) is 4.39. The van der Waals surface area contributed by atoms with Gasteiger partial charge in [-0.3, -0.25) is 9.78 Å². The average molecular weight is 350 g/mol. The molecule has 0 aromatic carbocycles. The first-order valence-electron chi connectivity index (χ1n) is 6.92. The lowest BCUT2D eigenvalue weighted by atomic mass is 9.89. The average Bonchev–Trinajstić information content (AvgIpc) is 3.05. The summed E-state index contributed by atoms with van der Waals surface area (Å²) in [7, 11) is -4.06. The molecule has 10 heteroatoms. The van der Waals surface area contributed by atoms with Gasteiger partial charge in [0.15, 0.2) is 0 Å². The van der Waals surface area contributed by atoms with Crippen molar-refractivity contribution in [3.05, 3.63) is 24.0 Å². The summed E-state index contributed by atoms with van der Waals surface area (Å²) >= 11 is 0. The molecule has 3 rings (SSSR count). The Bertz CT molecular complexity index is 733. The monoisotopic (exact) mass is 350 g/mol. The lowest BCUT2D eigenvalue weighted by molar-refractivity contribution is -0.143. The van der Waals surface area contributed by atoms with E-state index in [0.717, 1.165) is 10.4 Å². The maximum Gasteiger partial charge on any atom is 0.433 e. The minimum atomic E-state index is -4.65. The van der Waals surface area contributed by atoms with Crippen molar-refractivity contribution in [2.75, 3.05) is 0 Å². The lowest BCUT2D eigenvalue weighted by Crippen LogP contribution is -2.37. The summed E-state index contributed by atoms with van der Waals surface area (Å²) in [5.41, 5.74) is -1.18. The lowest BCUT2D eigenvalue weighted by Gasteiger charge is -2.22. The van der Waals surface area contributed by atoms with E-state index in [2.05, 4.69) is 4.98 Å². The Morgan fingerprint density at radius 1 is 1.30 bits per heavy atom. The zero-order chi connectivity index (χ0) is 17.0. The van der Waals surface area contributed by atoms with Crippen molar-refractivity contribution in [2.24, 2.45) is 5.92 Å². The number of aliphatic carboxylic acids is 1. The fourth-order valence-electron chi connectivity index (χ4n) is 3.40. The predicted molar refractivity (Wildman–Crippen MR) is 70.8 cm³/mol. The summed E-state index contributed by atoms with van der Waals surface area (Å²) in [6, 6.07) is 0.399. The van der Waals surface area contributed by atoms with Crippen molar-refractivity contribution >= 4 is 16.0 Å². The molecule has 126 valence electrons. The minimum Gasteiger partial charge on any atom is -0.481 e. The van der Waals surface area contributed by atoms with E-state index in [4.69, 9.17) is 5.11 Å². The highest BCUT2D eigenvalue weighted by Crippen LogP contribution is 2.45. The summed E-state index contributed by atoms with van der Waals surface area (Å²) in [5, 5.41) is 9.16. The maximum atomic E-state index is 12.6. The molecule has 0 aliphatic carbocycles. The number of fused-ring (bicyclic) bond motifs is 2. The van der Waals surface area contributed by atoms with E-state index in [1.165, 1.54) is 0 Å². The standard InChI is InChI=1S/C13H13F3N2O4S/c14-13(15,16)11-4-2-8(6-17-11)23(21,22)18-7-1-3-10(18)9(5-7)12(19)20/h2,4,6-7,9-10H,1,3,5H2,(H,19,20). The van der Waals surface area contributed by atoms with Gasteiger partial charge in [0.25, 0.3) is 0 Å². The minimum absolute atomic E-state index is 0.229. The highest BCUT2D eigenvalue weighted by atomic mass is 32.2. The number of halogens is 3. The van der Waals surface area contributed by atoms with Crippen LogP contribution in [-0.4, -0.2) is 40.9 Å². The number of carboxylic acid groups (broad SMARTS) is 1. The Hall–Kier alpha value is -1.68. The number of rotatable bonds is 3. The molecule has 3 atom stereocenters. The molecule has 0 saturated carbocycles. The molecule has 23 heavy (non-hydrogen) atoms. The zero-order valence-corrected chi connectivity index (χ0v) is 12.5. The van der Waals surface area contributed by atoms with E-state index >= 15 is 0 Å². The molecule has 2 bridgehead atoms. The van der Waals surface area contributed by atoms with Crippen LogP contribution in [0.1, 0.15) is 25.0 Å². The summed E-state index contributed by atoms with van der Waals surface area (Å²) in [4.78, 5) is 14.0. The van der Waals surface area contributed by atoms with Gasteiger partial charge in [-0.05, 0) is 31.4 Å². The van der Waals surface area contributed by atoms with Crippen LogP contribution in [0.5, 0.6) is 0 Å². The number of sulfonamides is 1. The van der Waals surface area contributed by atoms with Crippen molar-refractivity contribution < 1.29 is 31.5 Å². The third-order valence-corrected chi connectivity index (χ3v) is 6.35. The third kappa shape index (κ3) is 2.59. The van der Waals surface area contributed by atoms with Crippen LogP contribution in [0, 0.1) is 5.92 Å². The van der Waals surface area contributed by atoms with E-state index in [1.807, 2.05) is 0 Å². The van der Waals surface area contributed by atoms with Gasteiger partial charge in [0.1, 0.15) is 10.6 Å². The van der Waals surface area contributed by atoms with E-state index in [9.17, 15) is 26.4 Å². The largest absolute Gasteiger partial charge is 0.481 e. The number of aromatic nitrogens is 1. The van der Waals surface area contributed by atoms with Crippen molar-refractivity contribution in [2.45, 2.75) is 42.4 Å². The Morgan fingerprint density at radius 3 is 2.48 bits per heavy atom. The Morgan fingerprint density at radius 2 is 2.00 bits per heavy atom. The molecule has 0 spiro atoms. The second-order valence-corrected chi connectivity index (χ2v) is 7.53. The Kier molecular flexibility index (Phi) is 3.64. The molecule has 2 aliphatic rings. The molecule has 2 fully saturated rings. The van der Waals surface area contributed by atoms with E-state index < -0.39 is 45.9 Å². The van der Waals surface area contributed by atoms with Crippen molar-refractivity contribution in [3.63, 3.8) is 0 Å². The van der Waals surface area contributed by atoms with Gasteiger partial charge < -0.3 is 5.11 Å². The number of pyridine rings is 1. The first-order chi connectivity index (χ1) is 10.6. The highest BCUT2D eigenvalue weighted by molar-refractivity contribution is 7.89. The molecule has 1 aromatic heterocycles. The quantitative estimate of drug-likeness (QED) is 0.897. The fraction of sp³-hybridized carbons (Fsp3) is 0.538. The SMILES string of the molecule is O=C(O)C1CC2CCC1N2S(=O)(=O)c1ccc(C(F)(F)F)nc1. The molecule has 2 saturated heterocycles. The Labute approximate surface area is 130 Å². The van der Waals surface area contributed by atoms with Gasteiger partial charge >= 0.3 is 12.1 Å². The molecule has 0 amide bonds. The first kappa shape index (κ1) is 16.2. The van der Waals surface area contributed by atoms with Crippen LogP contribution in [0.2, 0.25) is 0 Å². The Balaban J connectivity index is 1.92. The van der Waals surface area contributed by atoms with Crippen LogP contribution >= 0.6 is 0 Å². The van der Waals surface area contributed by atoms with Crippen LogP contribution in [0.25, 0.3) is 0 Å². The van der Waals surface area contributed by atoms with E-state index in [1.54, 1.807) is 0 Å². The van der Waals surface area contributed by atoms with Gasteiger partial charge in [-0.2, -0.15) is 17.5 Å². The van der Waals surface area contributed by atoms with Crippen LogP contribution in [0.15, 0.2) is 23.2 Å². The summed E-state index contributed by atoms with van der Waals surface area (Å²) in [6.07, 6.45) is -2.75. The molecular weight excluding hydrogens is 337 g/mol. The zero-order valence-electron chi connectivity index (χ0n) is 11.7. The number of carbonyl (C=O) groups is 1. The van der Waals surface area contributed by atoms with Gasteiger partial charge in [-0.25, -0.2) is 8.42 Å². The second kappa shape index (κ2) is 5.17. The van der Waals surface area contributed by atoms with Gasteiger partial charge in [0.2, 0.25) is 10.0 Å². The molecule has 1 aromatic rings.